The van der Waals surface area contributed by atoms with Gasteiger partial charge >= 0.3 is 0 Å². The Labute approximate surface area is 114 Å². The Morgan fingerprint density at radius 1 is 1.06 bits per heavy atom. The van der Waals surface area contributed by atoms with Crippen LogP contribution in [0.15, 0.2) is 53.7 Å². The third-order valence-electron chi connectivity index (χ3n) is 3.04. The molecule has 0 atom stereocenters. The molecule has 0 radical (unpaired) electrons. The first-order valence-corrected chi connectivity index (χ1v) is 7.31. The standard InChI is InChI=1S/C16H20NS/c1-13(2)15-9-7-14(8-10-15)12-18-16-6-4-5-11-17(16)3/h4-11,13H,12H2,1-3H3/q+1. The molecule has 94 valence electrons. The highest BCUT2D eigenvalue weighted by Crippen LogP contribution is 2.21. The molecule has 1 heterocycles. The molecule has 2 rings (SSSR count). The van der Waals surface area contributed by atoms with Gasteiger partial charge in [0.05, 0.1) is 0 Å². The summed E-state index contributed by atoms with van der Waals surface area (Å²) in [6.07, 6.45) is 2.09. The van der Waals surface area contributed by atoms with Crippen LogP contribution < -0.4 is 4.57 Å². The molecule has 0 bridgehead atoms. The number of benzene rings is 1. The van der Waals surface area contributed by atoms with E-state index in [2.05, 4.69) is 74.1 Å². The number of hydrogen-bond acceptors (Lipinski definition) is 1. The van der Waals surface area contributed by atoms with Crippen LogP contribution >= 0.6 is 11.8 Å². The molecule has 0 fully saturated rings. The van der Waals surface area contributed by atoms with E-state index < -0.39 is 0 Å². The summed E-state index contributed by atoms with van der Waals surface area (Å²) >= 11 is 1.88. The van der Waals surface area contributed by atoms with Crippen LogP contribution in [-0.2, 0) is 12.8 Å². The first-order chi connectivity index (χ1) is 8.66. The fourth-order valence-electron chi connectivity index (χ4n) is 1.81. The van der Waals surface area contributed by atoms with Crippen molar-refractivity contribution in [1.29, 1.82) is 0 Å². The Bertz CT molecular complexity index is 503. The first kappa shape index (κ1) is 13.2. The monoisotopic (exact) mass is 258 g/mol. The Morgan fingerprint density at radius 2 is 1.78 bits per heavy atom. The second kappa shape index (κ2) is 6.05. The van der Waals surface area contributed by atoms with Gasteiger partial charge in [-0.2, -0.15) is 4.57 Å². The van der Waals surface area contributed by atoms with Crippen LogP contribution in [0.3, 0.4) is 0 Å². The summed E-state index contributed by atoms with van der Waals surface area (Å²) in [5.74, 6) is 1.63. The Hall–Kier alpha value is -1.28. The molecule has 0 N–H and O–H groups in total. The van der Waals surface area contributed by atoms with E-state index in [1.807, 2.05) is 11.8 Å². The lowest BCUT2D eigenvalue weighted by atomic mass is 10.0. The number of hydrogen-bond donors (Lipinski definition) is 0. The molecule has 1 aromatic heterocycles. The lowest BCUT2D eigenvalue weighted by Crippen LogP contribution is -2.29. The third-order valence-corrected chi connectivity index (χ3v) is 4.24. The predicted octanol–water partition coefficient (Wildman–Crippen LogP) is 3.93. The molecule has 18 heavy (non-hydrogen) atoms. The number of rotatable bonds is 4. The van der Waals surface area contributed by atoms with Crippen molar-refractivity contribution in [2.45, 2.75) is 30.5 Å². The quantitative estimate of drug-likeness (QED) is 0.593. The van der Waals surface area contributed by atoms with Crippen molar-refractivity contribution in [1.82, 2.24) is 0 Å². The summed E-state index contributed by atoms with van der Waals surface area (Å²) in [5, 5.41) is 1.30. The van der Waals surface area contributed by atoms with Gasteiger partial charge in [-0.25, -0.2) is 0 Å². The fraction of sp³-hybridized carbons (Fsp3) is 0.312. The molecular formula is C16H20NS+. The van der Waals surface area contributed by atoms with Crippen LogP contribution in [0.4, 0.5) is 0 Å². The van der Waals surface area contributed by atoms with Gasteiger partial charge < -0.3 is 0 Å². The molecule has 0 saturated carbocycles. The van der Waals surface area contributed by atoms with Crippen molar-refractivity contribution < 1.29 is 4.57 Å². The van der Waals surface area contributed by atoms with Gasteiger partial charge in [-0.3, -0.25) is 0 Å². The molecule has 0 saturated heterocycles. The van der Waals surface area contributed by atoms with E-state index in [1.54, 1.807) is 0 Å². The van der Waals surface area contributed by atoms with Gasteiger partial charge in [0.25, 0.3) is 0 Å². The molecule has 0 spiro atoms. The topological polar surface area (TPSA) is 3.88 Å². The highest BCUT2D eigenvalue weighted by molar-refractivity contribution is 7.98. The molecule has 0 amide bonds. The van der Waals surface area contributed by atoms with Crippen LogP contribution in [0.5, 0.6) is 0 Å². The number of pyridine rings is 1. The Morgan fingerprint density at radius 3 is 2.39 bits per heavy atom. The number of thioether (sulfide) groups is 1. The summed E-state index contributed by atoms with van der Waals surface area (Å²) in [6.45, 7) is 4.46. The summed E-state index contributed by atoms with van der Waals surface area (Å²) < 4.78 is 2.16. The van der Waals surface area contributed by atoms with Crippen molar-refractivity contribution in [3.05, 3.63) is 59.8 Å². The molecular weight excluding hydrogens is 238 g/mol. The zero-order valence-electron chi connectivity index (χ0n) is 11.3. The van der Waals surface area contributed by atoms with E-state index in [0.717, 1.165) is 5.75 Å². The molecule has 0 aliphatic heterocycles. The van der Waals surface area contributed by atoms with Crippen LogP contribution in [0.1, 0.15) is 30.9 Å². The summed E-state index contributed by atoms with van der Waals surface area (Å²) in [5.41, 5.74) is 2.79. The van der Waals surface area contributed by atoms with Crippen LogP contribution in [0.25, 0.3) is 0 Å². The minimum absolute atomic E-state index is 0.610. The molecule has 0 aliphatic carbocycles. The van der Waals surface area contributed by atoms with Gasteiger partial charge in [-0.05, 0) is 23.1 Å². The Balaban J connectivity index is 2.00. The third kappa shape index (κ3) is 3.36. The maximum atomic E-state index is 2.24. The molecule has 1 nitrogen and oxygen atoms in total. The predicted molar refractivity (Wildman–Crippen MR) is 77.7 cm³/mol. The van der Waals surface area contributed by atoms with Crippen molar-refractivity contribution in [2.24, 2.45) is 7.05 Å². The first-order valence-electron chi connectivity index (χ1n) is 6.33. The Kier molecular flexibility index (Phi) is 4.43. The van der Waals surface area contributed by atoms with E-state index in [-0.39, 0.29) is 0 Å². The maximum absolute atomic E-state index is 2.24. The van der Waals surface area contributed by atoms with Gasteiger partial charge in [0, 0.05) is 17.9 Å². The summed E-state index contributed by atoms with van der Waals surface area (Å²) in [6, 6.07) is 15.3. The molecule has 2 aromatic rings. The lowest BCUT2D eigenvalue weighted by Gasteiger charge is -2.06. The maximum Gasteiger partial charge on any atom is 0.240 e. The molecule has 0 aliphatic rings. The summed E-state index contributed by atoms with van der Waals surface area (Å²) in [7, 11) is 2.09. The van der Waals surface area contributed by atoms with Gasteiger partial charge in [0.15, 0.2) is 6.20 Å². The SMILES string of the molecule is CC(C)c1ccc(CSc2cccc[n+]2C)cc1. The van der Waals surface area contributed by atoms with E-state index in [9.17, 15) is 0 Å². The lowest BCUT2D eigenvalue weighted by molar-refractivity contribution is -0.708. The second-order valence-electron chi connectivity index (χ2n) is 4.83. The van der Waals surface area contributed by atoms with Crippen molar-refractivity contribution in [2.75, 3.05) is 0 Å². The van der Waals surface area contributed by atoms with Gasteiger partial charge in [0.2, 0.25) is 5.03 Å². The fourth-order valence-corrected chi connectivity index (χ4v) is 2.76. The van der Waals surface area contributed by atoms with E-state index in [1.165, 1.54) is 16.2 Å². The van der Waals surface area contributed by atoms with Crippen LogP contribution in [0, 0.1) is 0 Å². The minimum Gasteiger partial charge on any atom is -0.196 e. The van der Waals surface area contributed by atoms with Crippen LogP contribution in [0.2, 0.25) is 0 Å². The highest BCUT2D eigenvalue weighted by Gasteiger charge is 2.06. The van der Waals surface area contributed by atoms with E-state index in [0.29, 0.717) is 5.92 Å². The normalized spacial score (nSPS) is 10.9. The zero-order valence-corrected chi connectivity index (χ0v) is 12.1. The van der Waals surface area contributed by atoms with E-state index >= 15 is 0 Å². The average molecular weight is 258 g/mol. The summed E-state index contributed by atoms with van der Waals surface area (Å²) in [4.78, 5) is 0. The smallest absolute Gasteiger partial charge is 0.196 e. The largest absolute Gasteiger partial charge is 0.240 e. The van der Waals surface area contributed by atoms with Crippen molar-refractivity contribution in [3.8, 4) is 0 Å². The highest BCUT2D eigenvalue weighted by atomic mass is 32.2. The molecule has 2 heteroatoms. The number of aryl methyl sites for hydroxylation is 1. The number of aromatic nitrogens is 1. The van der Waals surface area contributed by atoms with Gasteiger partial charge in [-0.1, -0.05) is 49.9 Å². The van der Waals surface area contributed by atoms with Crippen molar-refractivity contribution in [3.63, 3.8) is 0 Å². The van der Waals surface area contributed by atoms with Crippen LogP contribution in [-0.4, -0.2) is 0 Å². The minimum atomic E-state index is 0.610. The zero-order chi connectivity index (χ0) is 13.0. The van der Waals surface area contributed by atoms with Gasteiger partial charge in [-0.15, -0.1) is 0 Å². The van der Waals surface area contributed by atoms with Gasteiger partial charge in [0.1, 0.15) is 7.05 Å². The van der Waals surface area contributed by atoms with E-state index in [4.69, 9.17) is 0 Å². The number of nitrogens with zero attached hydrogens (tertiary/aromatic N) is 1. The van der Waals surface area contributed by atoms with Crippen molar-refractivity contribution >= 4 is 11.8 Å². The molecule has 1 aromatic carbocycles. The average Bonchev–Trinajstić information content (AvgIpc) is 2.38. The second-order valence-corrected chi connectivity index (χ2v) is 5.83. The molecule has 0 unspecified atom stereocenters.